The highest BCUT2D eigenvalue weighted by Gasteiger charge is 2.26. The van der Waals surface area contributed by atoms with E-state index in [1.54, 1.807) is 13.8 Å². The lowest BCUT2D eigenvalue weighted by molar-refractivity contribution is -0.122. The molecule has 0 aliphatic heterocycles. The molecule has 0 bridgehead atoms. The van der Waals surface area contributed by atoms with Crippen molar-refractivity contribution in [3.63, 3.8) is 0 Å². The van der Waals surface area contributed by atoms with E-state index in [0.717, 1.165) is 12.8 Å². The van der Waals surface area contributed by atoms with Crippen LogP contribution in [0.25, 0.3) is 0 Å². The van der Waals surface area contributed by atoms with Gasteiger partial charge in [0.15, 0.2) is 0 Å². The molecular formula is C10H14ClN3O3S. The predicted molar refractivity (Wildman–Crippen MR) is 65.9 cm³/mol. The van der Waals surface area contributed by atoms with Crippen LogP contribution in [0.2, 0.25) is 0 Å². The second-order valence-corrected chi connectivity index (χ2v) is 6.94. The molecule has 1 aromatic rings. The van der Waals surface area contributed by atoms with Gasteiger partial charge in [-0.1, -0.05) is 0 Å². The first-order valence-electron chi connectivity index (χ1n) is 5.57. The Balaban J connectivity index is 2.21. The number of nitrogens with zero attached hydrogens (tertiary/aromatic N) is 2. The van der Waals surface area contributed by atoms with Crippen molar-refractivity contribution in [2.45, 2.75) is 44.2 Å². The number of hydrogen-bond donors (Lipinski definition) is 1. The van der Waals surface area contributed by atoms with Crippen molar-refractivity contribution in [1.82, 2.24) is 15.1 Å². The third kappa shape index (κ3) is 2.84. The lowest BCUT2D eigenvalue weighted by Gasteiger charge is -2.05. The molecule has 1 heterocycles. The van der Waals surface area contributed by atoms with Crippen LogP contribution < -0.4 is 5.32 Å². The minimum Gasteiger partial charge on any atom is -0.352 e. The maximum absolute atomic E-state index is 11.6. The average Bonchev–Trinajstić information content (AvgIpc) is 2.93. The van der Waals surface area contributed by atoms with Crippen LogP contribution in [-0.2, 0) is 20.4 Å². The van der Waals surface area contributed by atoms with Gasteiger partial charge in [0.25, 0.3) is 9.05 Å². The Morgan fingerprint density at radius 2 is 2.11 bits per heavy atom. The Hall–Kier alpha value is -1.08. The first kappa shape index (κ1) is 13.4. The minimum atomic E-state index is -3.83. The normalized spacial score (nSPS) is 15.7. The number of amides is 1. The molecule has 0 spiro atoms. The van der Waals surface area contributed by atoms with E-state index in [1.165, 1.54) is 4.68 Å². The minimum absolute atomic E-state index is 0.00951. The molecule has 100 valence electrons. The largest absolute Gasteiger partial charge is 0.352 e. The van der Waals surface area contributed by atoms with E-state index >= 15 is 0 Å². The fourth-order valence-corrected chi connectivity index (χ4v) is 3.35. The Labute approximate surface area is 110 Å². The molecule has 1 aliphatic rings. The van der Waals surface area contributed by atoms with Gasteiger partial charge in [-0.25, -0.2) is 8.42 Å². The van der Waals surface area contributed by atoms with E-state index in [4.69, 9.17) is 10.7 Å². The summed E-state index contributed by atoms with van der Waals surface area (Å²) in [5.41, 5.74) is 0.690. The number of carbonyl (C=O) groups excluding carboxylic acids is 1. The second-order valence-electron chi connectivity index (χ2n) is 4.44. The zero-order chi connectivity index (χ0) is 13.5. The topological polar surface area (TPSA) is 81.1 Å². The Bertz CT molecular complexity index is 590. The summed E-state index contributed by atoms with van der Waals surface area (Å²) in [6.07, 6.45) is 2.01. The molecule has 0 unspecified atom stereocenters. The first-order chi connectivity index (χ1) is 8.29. The average molecular weight is 292 g/mol. The highest BCUT2D eigenvalue weighted by atomic mass is 35.7. The van der Waals surface area contributed by atoms with Crippen molar-refractivity contribution in [2.75, 3.05) is 0 Å². The smallest absolute Gasteiger partial charge is 0.264 e. The van der Waals surface area contributed by atoms with Crippen LogP contribution in [0.5, 0.6) is 0 Å². The van der Waals surface area contributed by atoms with E-state index in [2.05, 4.69) is 10.4 Å². The van der Waals surface area contributed by atoms with Gasteiger partial charge in [0.05, 0.1) is 11.4 Å². The number of rotatable bonds is 4. The summed E-state index contributed by atoms with van der Waals surface area (Å²) in [7, 11) is 1.50. The van der Waals surface area contributed by atoms with Gasteiger partial charge < -0.3 is 5.32 Å². The van der Waals surface area contributed by atoms with E-state index in [-0.39, 0.29) is 23.4 Å². The molecule has 1 fully saturated rings. The number of halogens is 1. The highest BCUT2D eigenvalue weighted by Crippen LogP contribution is 2.23. The Morgan fingerprint density at radius 3 is 2.56 bits per heavy atom. The number of carbonyl (C=O) groups is 1. The highest BCUT2D eigenvalue weighted by molar-refractivity contribution is 8.13. The van der Waals surface area contributed by atoms with Gasteiger partial charge >= 0.3 is 0 Å². The lowest BCUT2D eigenvalue weighted by atomic mass is 10.4. The van der Waals surface area contributed by atoms with Crippen molar-refractivity contribution in [2.24, 2.45) is 0 Å². The molecule has 0 saturated heterocycles. The summed E-state index contributed by atoms with van der Waals surface area (Å²) in [6.45, 7) is 3.15. The molecule has 0 atom stereocenters. The van der Waals surface area contributed by atoms with Crippen LogP contribution in [0, 0.1) is 13.8 Å². The van der Waals surface area contributed by atoms with Gasteiger partial charge in [0.1, 0.15) is 11.4 Å². The van der Waals surface area contributed by atoms with Crippen molar-refractivity contribution in [1.29, 1.82) is 0 Å². The molecule has 1 aliphatic carbocycles. The summed E-state index contributed by atoms with van der Waals surface area (Å²) in [4.78, 5) is 11.6. The van der Waals surface area contributed by atoms with Crippen molar-refractivity contribution < 1.29 is 13.2 Å². The number of aryl methyl sites for hydroxylation is 1. The standard InChI is InChI=1S/C10H14ClN3O3S/c1-6-10(18(11,16)17)7(2)14(13-6)5-9(15)12-8-3-4-8/h8H,3-5H2,1-2H3,(H,12,15). The molecule has 0 aromatic carbocycles. The van der Waals surface area contributed by atoms with Gasteiger partial charge in [0.2, 0.25) is 5.91 Å². The summed E-state index contributed by atoms with van der Waals surface area (Å²) in [6, 6.07) is 0.269. The third-order valence-corrected chi connectivity index (χ3v) is 4.34. The quantitative estimate of drug-likeness (QED) is 0.828. The maximum atomic E-state index is 11.6. The summed E-state index contributed by atoms with van der Waals surface area (Å²) < 4.78 is 24.1. The predicted octanol–water partition coefficient (Wildman–Crippen LogP) is 0.706. The molecule has 1 N–H and O–H groups in total. The van der Waals surface area contributed by atoms with Crippen LogP contribution >= 0.6 is 10.7 Å². The van der Waals surface area contributed by atoms with Gasteiger partial charge in [-0.3, -0.25) is 9.48 Å². The molecule has 18 heavy (non-hydrogen) atoms. The van der Waals surface area contributed by atoms with E-state index in [1.807, 2.05) is 0 Å². The van der Waals surface area contributed by atoms with Crippen molar-refractivity contribution in [3.8, 4) is 0 Å². The summed E-state index contributed by atoms with van der Waals surface area (Å²) in [5, 5.41) is 6.85. The third-order valence-electron chi connectivity index (χ3n) is 2.79. The number of nitrogens with one attached hydrogen (secondary N) is 1. The lowest BCUT2D eigenvalue weighted by Crippen LogP contribution is -2.30. The van der Waals surface area contributed by atoms with Gasteiger partial charge in [-0.15, -0.1) is 0 Å². The van der Waals surface area contributed by atoms with Crippen LogP contribution in [0.3, 0.4) is 0 Å². The molecule has 1 amide bonds. The number of aromatic nitrogens is 2. The molecule has 1 saturated carbocycles. The fraction of sp³-hybridized carbons (Fsp3) is 0.600. The summed E-state index contributed by atoms with van der Waals surface area (Å²) >= 11 is 0. The zero-order valence-corrected chi connectivity index (χ0v) is 11.7. The molecule has 6 nitrogen and oxygen atoms in total. The fourth-order valence-electron chi connectivity index (χ4n) is 1.82. The van der Waals surface area contributed by atoms with Crippen LogP contribution in [-0.4, -0.2) is 30.1 Å². The van der Waals surface area contributed by atoms with Crippen LogP contribution in [0.1, 0.15) is 24.2 Å². The van der Waals surface area contributed by atoms with Gasteiger partial charge in [0, 0.05) is 16.7 Å². The monoisotopic (exact) mass is 291 g/mol. The summed E-state index contributed by atoms with van der Waals surface area (Å²) in [5.74, 6) is -0.165. The van der Waals surface area contributed by atoms with Gasteiger partial charge in [-0.05, 0) is 26.7 Å². The molecular weight excluding hydrogens is 278 g/mol. The first-order valence-corrected chi connectivity index (χ1v) is 7.88. The zero-order valence-electron chi connectivity index (χ0n) is 10.1. The Kier molecular flexibility index (Phi) is 3.37. The van der Waals surface area contributed by atoms with E-state index in [0.29, 0.717) is 11.4 Å². The number of hydrogen-bond acceptors (Lipinski definition) is 4. The molecule has 0 radical (unpaired) electrons. The van der Waals surface area contributed by atoms with Crippen LogP contribution in [0.15, 0.2) is 4.90 Å². The SMILES string of the molecule is Cc1nn(CC(=O)NC2CC2)c(C)c1S(=O)(=O)Cl. The molecule has 2 rings (SSSR count). The van der Waals surface area contributed by atoms with Gasteiger partial charge in [-0.2, -0.15) is 5.10 Å². The molecule has 8 heteroatoms. The van der Waals surface area contributed by atoms with Crippen LogP contribution in [0.4, 0.5) is 0 Å². The maximum Gasteiger partial charge on any atom is 0.264 e. The Morgan fingerprint density at radius 1 is 1.50 bits per heavy atom. The second kappa shape index (κ2) is 4.55. The van der Waals surface area contributed by atoms with Crippen molar-refractivity contribution >= 4 is 25.6 Å². The molecule has 1 aromatic heterocycles. The van der Waals surface area contributed by atoms with E-state index < -0.39 is 9.05 Å². The van der Waals surface area contributed by atoms with E-state index in [9.17, 15) is 13.2 Å². The van der Waals surface area contributed by atoms with Crippen molar-refractivity contribution in [3.05, 3.63) is 11.4 Å².